The molecular weight excluding hydrogens is 310 g/mol. The smallest absolute Gasteiger partial charge is 0.0634 e. The summed E-state index contributed by atoms with van der Waals surface area (Å²) in [4.78, 5) is 6.49. The monoisotopic (exact) mass is 331 g/mol. The topological polar surface area (TPSA) is 37.4 Å². The minimum Gasteiger partial charge on any atom is -0.379 e. The molecule has 2 heterocycles. The lowest BCUT2D eigenvalue weighted by atomic mass is 10.1. The van der Waals surface area contributed by atoms with Gasteiger partial charge < -0.3 is 10.1 Å². The summed E-state index contributed by atoms with van der Waals surface area (Å²) in [6.45, 7) is 5.30. The molecule has 1 aliphatic heterocycles. The molecular formula is C18H22ClN3O. The van der Waals surface area contributed by atoms with Gasteiger partial charge in [-0.2, -0.15) is 0 Å². The normalized spacial score (nSPS) is 17.1. The number of hydrogen-bond acceptors (Lipinski definition) is 4. The molecule has 0 amide bonds. The van der Waals surface area contributed by atoms with E-state index in [2.05, 4.69) is 45.5 Å². The van der Waals surface area contributed by atoms with E-state index in [4.69, 9.17) is 16.3 Å². The second-order valence-corrected chi connectivity index (χ2v) is 6.13. The number of nitrogens with one attached hydrogen (secondary N) is 1. The van der Waals surface area contributed by atoms with Gasteiger partial charge in [0.15, 0.2) is 0 Å². The van der Waals surface area contributed by atoms with Gasteiger partial charge in [-0.3, -0.25) is 9.88 Å². The maximum Gasteiger partial charge on any atom is 0.0634 e. The van der Waals surface area contributed by atoms with Crippen LogP contribution in [0.4, 0.5) is 0 Å². The van der Waals surface area contributed by atoms with Crippen molar-refractivity contribution in [3.8, 4) is 0 Å². The zero-order valence-electron chi connectivity index (χ0n) is 13.1. The summed E-state index contributed by atoms with van der Waals surface area (Å²) in [5.74, 6) is 0. The van der Waals surface area contributed by atoms with Crippen LogP contribution in [0.15, 0.2) is 48.8 Å². The molecule has 122 valence electrons. The van der Waals surface area contributed by atoms with E-state index in [0.717, 1.165) is 45.0 Å². The summed E-state index contributed by atoms with van der Waals surface area (Å²) in [5, 5.41) is 4.35. The first-order valence-electron chi connectivity index (χ1n) is 8.00. The Kier molecular flexibility index (Phi) is 6.00. The van der Waals surface area contributed by atoms with Gasteiger partial charge in [-0.05, 0) is 17.2 Å². The fourth-order valence-corrected chi connectivity index (χ4v) is 2.98. The molecule has 23 heavy (non-hydrogen) atoms. The number of ether oxygens (including phenoxy) is 1. The van der Waals surface area contributed by atoms with Gasteiger partial charge in [0.1, 0.15) is 0 Å². The molecule has 0 bridgehead atoms. The number of pyridine rings is 1. The summed E-state index contributed by atoms with van der Waals surface area (Å²) in [5.41, 5.74) is 2.37. The number of hydrogen-bond donors (Lipinski definition) is 1. The summed E-state index contributed by atoms with van der Waals surface area (Å²) in [7, 11) is 0. The zero-order valence-corrected chi connectivity index (χ0v) is 13.9. The Morgan fingerprint density at radius 3 is 2.70 bits per heavy atom. The Morgan fingerprint density at radius 1 is 1.17 bits per heavy atom. The predicted molar refractivity (Wildman–Crippen MR) is 92.5 cm³/mol. The first-order chi connectivity index (χ1) is 11.3. The third kappa shape index (κ3) is 4.75. The van der Waals surface area contributed by atoms with Gasteiger partial charge in [0.05, 0.1) is 18.2 Å². The average molecular weight is 332 g/mol. The van der Waals surface area contributed by atoms with Crippen molar-refractivity contribution in [2.24, 2.45) is 0 Å². The molecule has 3 rings (SSSR count). The predicted octanol–water partition coefficient (Wildman–Crippen LogP) is 2.90. The van der Waals surface area contributed by atoms with Crippen molar-refractivity contribution < 1.29 is 4.74 Å². The Balaban J connectivity index is 1.68. The van der Waals surface area contributed by atoms with E-state index >= 15 is 0 Å². The van der Waals surface area contributed by atoms with Crippen LogP contribution in [0.2, 0.25) is 5.02 Å². The first-order valence-corrected chi connectivity index (χ1v) is 8.37. The molecule has 5 heteroatoms. The van der Waals surface area contributed by atoms with Gasteiger partial charge in [-0.15, -0.1) is 0 Å². The molecule has 4 nitrogen and oxygen atoms in total. The van der Waals surface area contributed by atoms with Gasteiger partial charge in [0, 0.05) is 44.6 Å². The van der Waals surface area contributed by atoms with Crippen LogP contribution < -0.4 is 5.32 Å². The molecule has 1 unspecified atom stereocenters. The molecule has 1 saturated heterocycles. The highest BCUT2D eigenvalue weighted by Gasteiger charge is 2.18. The number of morpholine rings is 1. The van der Waals surface area contributed by atoms with Crippen molar-refractivity contribution in [1.29, 1.82) is 0 Å². The molecule has 2 aromatic rings. The van der Waals surface area contributed by atoms with Crippen LogP contribution in [0, 0.1) is 0 Å². The van der Waals surface area contributed by atoms with Gasteiger partial charge in [-0.25, -0.2) is 0 Å². The van der Waals surface area contributed by atoms with Crippen molar-refractivity contribution in [2.45, 2.75) is 12.6 Å². The lowest BCUT2D eigenvalue weighted by Gasteiger charge is -2.31. The van der Waals surface area contributed by atoms with Crippen LogP contribution in [-0.2, 0) is 11.3 Å². The quantitative estimate of drug-likeness (QED) is 0.883. The number of benzene rings is 1. The highest BCUT2D eigenvalue weighted by atomic mass is 35.5. The van der Waals surface area contributed by atoms with Crippen LogP contribution in [0.1, 0.15) is 17.2 Å². The summed E-state index contributed by atoms with van der Waals surface area (Å²) >= 11 is 6.22. The lowest BCUT2D eigenvalue weighted by Crippen LogP contribution is -2.41. The summed E-state index contributed by atoms with van der Waals surface area (Å²) in [6.07, 6.45) is 3.47. The van der Waals surface area contributed by atoms with Crippen LogP contribution >= 0.6 is 11.6 Å². The van der Waals surface area contributed by atoms with Crippen LogP contribution in [-0.4, -0.2) is 42.7 Å². The number of rotatable bonds is 6. The Bertz CT molecular complexity index is 602. The number of nitrogens with zero attached hydrogens (tertiary/aromatic N) is 2. The molecule has 0 radical (unpaired) electrons. The molecule has 0 saturated carbocycles. The van der Waals surface area contributed by atoms with E-state index in [9.17, 15) is 0 Å². The molecule has 1 fully saturated rings. The van der Waals surface area contributed by atoms with E-state index in [0.29, 0.717) is 5.02 Å². The SMILES string of the molecule is Clc1cnccc1CNC(CN1CCOCC1)c1ccccc1. The van der Waals surface area contributed by atoms with Crippen molar-refractivity contribution in [3.05, 3.63) is 64.9 Å². The number of aromatic nitrogens is 1. The van der Waals surface area contributed by atoms with Crippen LogP contribution in [0.25, 0.3) is 0 Å². The van der Waals surface area contributed by atoms with E-state index in [1.807, 2.05) is 6.07 Å². The van der Waals surface area contributed by atoms with Gasteiger partial charge in [0.25, 0.3) is 0 Å². The maximum atomic E-state index is 6.22. The summed E-state index contributed by atoms with van der Waals surface area (Å²) in [6, 6.07) is 12.8. The fourth-order valence-electron chi connectivity index (χ4n) is 2.80. The van der Waals surface area contributed by atoms with Gasteiger partial charge in [0.2, 0.25) is 0 Å². The largest absolute Gasteiger partial charge is 0.379 e. The van der Waals surface area contributed by atoms with Gasteiger partial charge in [-0.1, -0.05) is 41.9 Å². The highest BCUT2D eigenvalue weighted by Crippen LogP contribution is 2.18. The third-order valence-electron chi connectivity index (χ3n) is 4.14. The average Bonchev–Trinajstić information content (AvgIpc) is 2.61. The van der Waals surface area contributed by atoms with E-state index in [1.54, 1.807) is 12.4 Å². The van der Waals surface area contributed by atoms with Crippen molar-refractivity contribution in [2.75, 3.05) is 32.8 Å². The lowest BCUT2D eigenvalue weighted by molar-refractivity contribution is 0.0333. The van der Waals surface area contributed by atoms with Crippen molar-refractivity contribution in [1.82, 2.24) is 15.2 Å². The van der Waals surface area contributed by atoms with E-state index in [1.165, 1.54) is 5.56 Å². The van der Waals surface area contributed by atoms with E-state index in [-0.39, 0.29) is 6.04 Å². The Morgan fingerprint density at radius 2 is 1.96 bits per heavy atom. The maximum absolute atomic E-state index is 6.22. The molecule has 1 aliphatic rings. The second-order valence-electron chi connectivity index (χ2n) is 5.72. The van der Waals surface area contributed by atoms with Crippen molar-refractivity contribution >= 4 is 11.6 Å². The van der Waals surface area contributed by atoms with Crippen LogP contribution in [0.3, 0.4) is 0 Å². The molecule has 1 aromatic heterocycles. The second kappa shape index (κ2) is 8.41. The number of halogens is 1. The third-order valence-corrected chi connectivity index (χ3v) is 4.48. The zero-order chi connectivity index (χ0) is 15.9. The molecule has 1 N–H and O–H groups in total. The summed E-state index contributed by atoms with van der Waals surface area (Å²) < 4.78 is 5.45. The standard InChI is InChI=1S/C18H22ClN3O/c19-17-13-20-7-6-16(17)12-21-18(15-4-2-1-3-5-15)14-22-8-10-23-11-9-22/h1-7,13,18,21H,8-12,14H2. The Labute approximate surface area is 142 Å². The highest BCUT2D eigenvalue weighted by molar-refractivity contribution is 6.31. The molecule has 0 aliphatic carbocycles. The fraction of sp³-hybridized carbons (Fsp3) is 0.389. The van der Waals surface area contributed by atoms with Gasteiger partial charge >= 0.3 is 0 Å². The Hall–Kier alpha value is -1.46. The van der Waals surface area contributed by atoms with Crippen LogP contribution in [0.5, 0.6) is 0 Å². The molecule has 1 aromatic carbocycles. The minimum atomic E-state index is 0.263. The van der Waals surface area contributed by atoms with Crippen molar-refractivity contribution in [3.63, 3.8) is 0 Å². The minimum absolute atomic E-state index is 0.263. The first kappa shape index (κ1) is 16.4. The van der Waals surface area contributed by atoms with E-state index < -0.39 is 0 Å². The molecule has 0 spiro atoms. The molecule has 1 atom stereocenters.